The zero-order valence-electron chi connectivity index (χ0n) is 17.7. The number of aromatic carboxylic acids is 1. The van der Waals surface area contributed by atoms with E-state index in [1.165, 1.54) is 5.56 Å². The molecule has 1 saturated heterocycles. The summed E-state index contributed by atoms with van der Waals surface area (Å²) in [6.45, 7) is 8.38. The van der Waals surface area contributed by atoms with Crippen LogP contribution in [0.15, 0.2) is 54.6 Å². The molecular weight excluding hydrogens is 400 g/mol. The fraction of sp³-hybridized carbons (Fsp3) is 0.400. The number of methoxy groups -OCH3 is 1. The summed E-state index contributed by atoms with van der Waals surface area (Å²) in [4.78, 5) is 11.6. The van der Waals surface area contributed by atoms with Crippen molar-refractivity contribution in [2.45, 2.75) is 51.2 Å². The highest BCUT2D eigenvalue weighted by Gasteiger charge is 2.40. The van der Waals surface area contributed by atoms with Crippen molar-refractivity contribution >= 4 is 17.6 Å². The van der Waals surface area contributed by atoms with Crippen LogP contribution in [-0.4, -0.2) is 24.3 Å². The molecule has 2 aromatic rings. The van der Waals surface area contributed by atoms with E-state index in [0.29, 0.717) is 10.8 Å². The predicted molar refractivity (Wildman–Crippen MR) is 120 cm³/mol. The van der Waals surface area contributed by atoms with Crippen LogP contribution in [0.5, 0.6) is 5.75 Å². The van der Waals surface area contributed by atoms with Gasteiger partial charge in [-0.15, -0.1) is 0 Å². The van der Waals surface area contributed by atoms with E-state index in [1.54, 1.807) is 25.3 Å². The topological polar surface area (TPSA) is 55.8 Å². The molecule has 1 N–H and O–H groups in total. The van der Waals surface area contributed by atoms with Crippen LogP contribution in [0.3, 0.4) is 0 Å². The summed E-state index contributed by atoms with van der Waals surface area (Å²) in [5, 5.41) is 10.2. The van der Waals surface area contributed by atoms with Crippen LogP contribution < -0.4 is 4.74 Å². The number of benzene rings is 2. The van der Waals surface area contributed by atoms with Crippen LogP contribution in [0.2, 0.25) is 5.02 Å². The van der Waals surface area contributed by atoms with E-state index < -0.39 is 5.97 Å². The highest BCUT2D eigenvalue weighted by Crippen LogP contribution is 2.49. The Hall–Kier alpha value is -2.30. The van der Waals surface area contributed by atoms with Gasteiger partial charge in [0.25, 0.3) is 0 Å². The van der Waals surface area contributed by atoms with Crippen molar-refractivity contribution in [2.24, 2.45) is 5.92 Å². The Kier molecular flexibility index (Phi) is 7.22. The van der Waals surface area contributed by atoms with Gasteiger partial charge in [0, 0.05) is 22.4 Å². The number of carboxylic acid groups (broad SMARTS) is 1. The molecule has 4 atom stereocenters. The highest BCUT2D eigenvalue weighted by molar-refractivity contribution is 6.30. The third-order valence-corrected chi connectivity index (χ3v) is 6.18. The van der Waals surface area contributed by atoms with E-state index >= 15 is 0 Å². The maximum Gasteiger partial charge on any atom is 0.335 e. The van der Waals surface area contributed by atoms with E-state index in [1.807, 2.05) is 19.1 Å². The number of carbonyl (C=O) groups is 1. The molecule has 0 unspecified atom stereocenters. The van der Waals surface area contributed by atoms with Crippen LogP contribution in [0.25, 0.3) is 0 Å². The molecule has 0 spiro atoms. The fourth-order valence-electron chi connectivity index (χ4n) is 4.38. The van der Waals surface area contributed by atoms with E-state index in [0.717, 1.165) is 30.4 Å². The largest absolute Gasteiger partial charge is 0.496 e. The maximum absolute atomic E-state index is 11.6. The second-order valence-corrected chi connectivity index (χ2v) is 8.43. The van der Waals surface area contributed by atoms with Crippen molar-refractivity contribution in [1.29, 1.82) is 0 Å². The van der Waals surface area contributed by atoms with E-state index in [9.17, 15) is 9.90 Å². The van der Waals surface area contributed by atoms with Crippen molar-refractivity contribution in [3.8, 4) is 5.75 Å². The number of ether oxygens (including phenoxy) is 2. The van der Waals surface area contributed by atoms with Gasteiger partial charge in [-0.05, 0) is 55.7 Å². The zero-order valence-corrected chi connectivity index (χ0v) is 18.5. The van der Waals surface area contributed by atoms with E-state index in [-0.39, 0.29) is 29.6 Å². The molecule has 0 radical (unpaired) electrons. The predicted octanol–water partition coefficient (Wildman–Crippen LogP) is 6.65. The van der Waals surface area contributed by atoms with Crippen molar-refractivity contribution in [3.63, 3.8) is 0 Å². The Bertz CT molecular complexity index is 906. The van der Waals surface area contributed by atoms with Gasteiger partial charge in [0.05, 0.1) is 24.9 Å². The minimum absolute atomic E-state index is 0.00923. The molecule has 30 heavy (non-hydrogen) atoms. The average Bonchev–Trinajstić information content (AvgIpc) is 2.73. The second-order valence-electron chi connectivity index (χ2n) is 7.99. The molecule has 1 fully saturated rings. The quantitative estimate of drug-likeness (QED) is 0.501. The van der Waals surface area contributed by atoms with Crippen LogP contribution in [0, 0.1) is 5.92 Å². The summed E-state index contributed by atoms with van der Waals surface area (Å²) < 4.78 is 12.3. The molecule has 0 amide bonds. The van der Waals surface area contributed by atoms with Gasteiger partial charge in [-0.3, -0.25) is 0 Å². The maximum atomic E-state index is 11.6. The van der Waals surface area contributed by atoms with E-state index in [2.05, 4.69) is 25.6 Å². The first-order chi connectivity index (χ1) is 14.3. The minimum atomic E-state index is -0.967. The lowest BCUT2D eigenvalue weighted by atomic mass is 9.74. The Balaban J connectivity index is 2.04. The molecule has 0 aromatic heterocycles. The molecule has 2 aromatic carbocycles. The van der Waals surface area contributed by atoms with Crippen molar-refractivity contribution in [2.75, 3.05) is 7.11 Å². The van der Waals surface area contributed by atoms with E-state index in [4.69, 9.17) is 21.1 Å². The Morgan fingerprint density at radius 2 is 1.97 bits per heavy atom. The summed E-state index contributed by atoms with van der Waals surface area (Å²) in [6.07, 6.45) is 2.47. The third kappa shape index (κ3) is 4.71. The van der Waals surface area contributed by atoms with Gasteiger partial charge in [0.1, 0.15) is 5.75 Å². The SMILES string of the molecule is C=C(C)[C@H]1C[C@@H](c2ccc(Cl)cc2)[C@H](CCC)O[C@@H]1c1cc(C(=O)O)ccc1OC. The molecule has 1 aliphatic rings. The van der Waals surface area contributed by atoms with Crippen LogP contribution in [0.1, 0.15) is 66.6 Å². The molecule has 3 rings (SSSR count). The van der Waals surface area contributed by atoms with Crippen molar-refractivity contribution < 1.29 is 19.4 Å². The number of hydrogen-bond acceptors (Lipinski definition) is 3. The van der Waals surface area contributed by atoms with Crippen LogP contribution >= 0.6 is 11.6 Å². The second kappa shape index (κ2) is 9.67. The van der Waals surface area contributed by atoms with Gasteiger partial charge in [-0.25, -0.2) is 4.79 Å². The molecular formula is C25H29ClO4. The molecule has 160 valence electrons. The lowest BCUT2D eigenvalue weighted by Crippen LogP contribution is -2.36. The number of halogens is 1. The lowest BCUT2D eigenvalue weighted by Gasteiger charge is -2.43. The Morgan fingerprint density at radius 3 is 2.53 bits per heavy atom. The average molecular weight is 429 g/mol. The molecule has 1 heterocycles. The highest BCUT2D eigenvalue weighted by atomic mass is 35.5. The van der Waals surface area contributed by atoms with Gasteiger partial charge in [-0.1, -0.05) is 49.2 Å². The first kappa shape index (κ1) is 22.4. The van der Waals surface area contributed by atoms with Gasteiger partial charge >= 0.3 is 5.97 Å². The number of hydrogen-bond donors (Lipinski definition) is 1. The van der Waals surface area contributed by atoms with Gasteiger partial charge in [0.2, 0.25) is 0 Å². The fourth-order valence-corrected chi connectivity index (χ4v) is 4.51. The van der Waals surface area contributed by atoms with Crippen molar-refractivity contribution in [3.05, 3.63) is 76.3 Å². The zero-order chi connectivity index (χ0) is 21.8. The number of carboxylic acids is 1. The number of rotatable bonds is 7. The molecule has 4 nitrogen and oxygen atoms in total. The molecule has 0 aliphatic carbocycles. The van der Waals surface area contributed by atoms with Crippen LogP contribution in [0.4, 0.5) is 0 Å². The van der Waals surface area contributed by atoms with Gasteiger partial charge in [0.15, 0.2) is 0 Å². The Morgan fingerprint density at radius 1 is 1.27 bits per heavy atom. The smallest absolute Gasteiger partial charge is 0.335 e. The molecule has 1 aliphatic heterocycles. The van der Waals surface area contributed by atoms with Gasteiger partial charge < -0.3 is 14.6 Å². The lowest BCUT2D eigenvalue weighted by molar-refractivity contribution is -0.0930. The normalized spacial score (nSPS) is 23.7. The third-order valence-electron chi connectivity index (χ3n) is 5.93. The summed E-state index contributed by atoms with van der Waals surface area (Å²) in [7, 11) is 1.60. The summed E-state index contributed by atoms with van der Waals surface area (Å²) in [5.41, 5.74) is 3.20. The van der Waals surface area contributed by atoms with Gasteiger partial charge in [-0.2, -0.15) is 0 Å². The monoisotopic (exact) mass is 428 g/mol. The van der Waals surface area contributed by atoms with Crippen molar-refractivity contribution in [1.82, 2.24) is 0 Å². The molecule has 0 bridgehead atoms. The minimum Gasteiger partial charge on any atom is -0.496 e. The first-order valence-electron chi connectivity index (χ1n) is 10.3. The first-order valence-corrected chi connectivity index (χ1v) is 10.7. The standard InChI is InChI=1S/C25H29ClO4/c1-5-6-23-20(16-7-10-18(26)11-8-16)14-19(15(2)3)24(30-23)21-13-17(25(27)28)9-12-22(21)29-4/h7-13,19-20,23-24H,2,5-6,14H2,1,3-4H3,(H,27,28)/t19-,20+,23+,24+/m1/s1. The Labute approximate surface area is 183 Å². The molecule has 0 saturated carbocycles. The molecule has 5 heteroatoms. The summed E-state index contributed by atoms with van der Waals surface area (Å²) >= 11 is 6.10. The van der Waals surface area contributed by atoms with Crippen LogP contribution in [-0.2, 0) is 4.74 Å². The summed E-state index contributed by atoms with van der Waals surface area (Å²) in [5.74, 6) is -0.0762. The summed E-state index contributed by atoms with van der Waals surface area (Å²) in [6, 6.07) is 12.9.